The second-order valence-corrected chi connectivity index (χ2v) is 3.79. The third-order valence-electron chi connectivity index (χ3n) is 2.44. The topological polar surface area (TPSA) is 61.8 Å². The summed E-state index contributed by atoms with van der Waals surface area (Å²) in [6, 6.07) is 0. The van der Waals surface area contributed by atoms with Gasteiger partial charge >= 0.3 is 11.9 Å². The van der Waals surface area contributed by atoms with Crippen molar-refractivity contribution in [2.24, 2.45) is 0 Å². The van der Waals surface area contributed by atoms with Crippen LogP contribution in [0.15, 0.2) is 12.2 Å². The van der Waals surface area contributed by atoms with Crippen molar-refractivity contribution in [1.29, 1.82) is 0 Å². The quantitative estimate of drug-likeness (QED) is 0.314. The van der Waals surface area contributed by atoms with E-state index in [-0.39, 0.29) is 24.9 Å². The van der Waals surface area contributed by atoms with Gasteiger partial charge in [0, 0.05) is 6.61 Å². The second-order valence-electron chi connectivity index (χ2n) is 3.79. The number of hydrogen-bond acceptors (Lipinski definition) is 5. The minimum Gasteiger partial charge on any atom is -0.462 e. The van der Waals surface area contributed by atoms with Gasteiger partial charge in [0.2, 0.25) is 0 Å². The van der Waals surface area contributed by atoms with Crippen LogP contribution in [0.5, 0.6) is 0 Å². The number of esters is 2. The maximum Gasteiger partial charge on any atom is 0.345 e. The average molecular weight is 242 g/mol. The van der Waals surface area contributed by atoms with Crippen molar-refractivity contribution in [1.82, 2.24) is 0 Å². The van der Waals surface area contributed by atoms with E-state index in [9.17, 15) is 9.59 Å². The summed E-state index contributed by atoms with van der Waals surface area (Å²) in [4.78, 5) is 22.6. The Bertz CT molecular complexity index is 291. The van der Waals surface area contributed by atoms with Gasteiger partial charge in [-0.05, 0) is 26.2 Å². The fourth-order valence-corrected chi connectivity index (χ4v) is 1.50. The van der Waals surface area contributed by atoms with Gasteiger partial charge in [0.25, 0.3) is 0 Å². The van der Waals surface area contributed by atoms with E-state index in [0.29, 0.717) is 6.61 Å². The van der Waals surface area contributed by atoms with Gasteiger partial charge in [0.1, 0.15) is 12.2 Å². The minimum absolute atomic E-state index is 0.0669. The van der Waals surface area contributed by atoms with Gasteiger partial charge in [0.05, 0.1) is 12.7 Å². The molecule has 1 aliphatic heterocycles. The Morgan fingerprint density at radius 3 is 2.59 bits per heavy atom. The van der Waals surface area contributed by atoms with E-state index < -0.39 is 11.9 Å². The molecule has 0 aromatic heterocycles. The standard InChI is InChI=1S/C12H18O5/c1-3-15-11(13)9(2)12(14)17-8-10-6-4-5-7-16-10/h10H,2-8H2,1H3. The zero-order valence-corrected chi connectivity index (χ0v) is 10.1. The molecule has 0 bridgehead atoms. The van der Waals surface area contributed by atoms with Gasteiger partial charge < -0.3 is 14.2 Å². The van der Waals surface area contributed by atoms with E-state index in [0.717, 1.165) is 19.3 Å². The maximum absolute atomic E-state index is 11.4. The van der Waals surface area contributed by atoms with Crippen molar-refractivity contribution in [2.45, 2.75) is 32.3 Å². The Morgan fingerprint density at radius 2 is 2.00 bits per heavy atom. The lowest BCUT2D eigenvalue weighted by Gasteiger charge is -2.22. The molecule has 96 valence electrons. The molecule has 1 fully saturated rings. The van der Waals surface area contributed by atoms with Crippen LogP contribution in [0, 0.1) is 0 Å². The molecule has 1 aliphatic rings. The van der Waals surface area contributed by atoms with Gasteiger partial charge in [0.15, 0.2) is 0 Å². The predicted molar refractivity (Wildman–Crippen MR) is 60.3 cm³/mol. The molecule has 0 amide bonds. The van der Waals surface area contributed by atoms with E-state index in [1.165, 1.54) is 0 Å². The molecule has 0 aromatic carbocycles. The van der Waals surface area contributed by atoms with Crippen LogP contribution in [0.25, 0.3) is 0 Å². The summed E-state index contributed by atoms with van der Waals surface area (Å²) in [5.74, 6) is -1.47. The van der Waals surface area contributed by atoms with E-state index in [2.05, 4.69) is 11.3 Å². The minimum atomic E-state index is -0.738. The number of carbonyl (C=O) groups is 2. The number of ether oxygens (including phenoxy) is 3. The molecule has 0 saturated carbocycles. The van der Waals surface area contributed by atoms with Crippen molar-refractivity contribution in [3.8, 4) is 0 Å². The van der Waals surface area contributed by atoms with Crippen molar-refractivity contribution in [3.63, 3.8) is 0 Å². The fraction of sp³-hybridized carbons (Fsp3) is 0.667. The Morgan fingerprint density at radius 1 is 1.29 bits per heavy atom. The fourth-order valence-electron chi connectivity index (χ4n) is 1.50. The van der Waals surface area contributed by atoms with Gasteiger partial charge in [-0.1, -0.05) is 6.58 Å². The molecule has 1 atom stereocenters. The Labute approximate surface area is 101 Å². The summed E-state index contributed by atoms with van der Waals surface area (Å²) in [7, 11) is 0. The zero-order chi connectivity index (χ0) is 12.7. The lowest BCUT2D eigenvalue weighted by atomic mass is 10.1. The van der Waals surface area contributed by atoms with Crippen LogP contribution >= 0.6 is 0 Å². The van der Waals surface area contributed by atoms with Crippen LogP contribution < -0.4 is 0 Å². The molecule has 1 unspecified atom stereocenters. The Balaban J connectivity index is 2.28. The van der Waals surface area contributed by atoms with Crippen LogP contribution in [0.1, 0.15) is 26.2 Å². The lowest BCUT2D eigenvalue weighted by molar-refractivity contribution is -0.150. The SMILES string of the molecule is C=C(C(=O)OCC)C(=O)OCC1CCCCO1. The number of rotatable bonds is 5. The highest BCUT2D eigenvalue weighted by molar-refractivity contribution is 6.13. The maximum atomic E-state index is 11.4. The molecule has 17 heavy (non-hydrogen) atoms. The van der Waals surface area contributed by atoms with Crippen molar-refractivity contribution >= 4 is 11.9 Å². The van der Waals surface area contributed by atoms with Crippen molar-refractivity contribution in [2.75, 3.05) is 19.8 Å². The molecule has 0 aliphatic carbocycles. The van der Waals surface area contributed by atoms with Gasteiger partial charge in [-0.25, -0.2) is 9.59 Å². The number of hydrogen-bond donors (Lipinski definition) is 0. The molecule has 5 nitrogen and oxygen atoms in total. The molecule has 0 radical (unpaired) electrons. The monoisotopic (exact) mass is 242 g/mol. The van der Waals surface area contributed by atoms with Gasteiger partial charge in [-0.3, -0.25) is 0 Å². The normalized spacial score (nSPS) is 19.5. The molecule has 1 rings (SSSR count). The van der Waals surface area contributed by atoms with Crippen LogP contribution in [0.2, 0.25) is 0 Å². The number of carbonyl (C=O) groups excluding carboxylic acids is 2. The largest absolute Gasteiger partial charge is 0.462 e. The molecular weight excluding hydrogens is 224 g/mol. The molecule has 1 heterocycles. The zero-order valence-electron chi connectivity index (χ0n) is 10.1. The average Bonchev–Trinajstić information content (AvgIpc) is 2.36. The first kappa shape index (κ1) is 13.7. The smallest absolute Gasteiger partial charge is 0.345 e. The highest BCUT2D eigenvalue weighted by Gasteiger charge is 2.21. The predicted octanol–water partition coefficient (Wildman–Crippen LogP) is 1.22. The highest BCUT2D eigenvalue weighted by atomic mass is 16.6. The summed E-state index contributed by atoms with van der Waals surface area (Å²) in [6.45, 7) is 6.07. The van der Waals surface area contributed by atoms with Crippen LogP contribution in [-0.2, 0) is 23.8 Å². The molecule has 0 spiro atoms. The summed E-state index contributed by atoms with van der Waals surface area (Å²) < 4.78 is 15.0. The molecule has 0 N–H and O–H groups in total. The molecule has 0 aromatic rings. The van der Waals surface area contributed by atoms with Crippen LogP contribution in [0.3, 0.4) is 0 Å². The molecule has 1 saturated heterocycles. The summed E-state index contributed by atoms with van der Waals surface area (Å²) >= 11 is 0. The first-order valence-corrected chi connectivity index (χ1v) is 5.80. The van der Waals surface area contributed by atoms with Crippen LogP contribution in [-0.4, -0.2) is 37.9 Å². The third kappa shape index (κ3) is 4.56. The summed E-state index contributed by atoms with van der Waals surface area (Å²) in [5.41, 5.74) is -0.275. The highest BCUT2D eigenvalue weighted by Crippen LogP contribution is 2.13. The first-order chi connectivity index (χ1) is 8.15. The summed E-state index contributed by atoms with van der Waals surface area (Å²) in [6.07, 6.45) is 2.92. The van der Waals surface area contributed by atoms with Crippen LogP contribution in [0.4, 0.5) is 0 Å². The van der Waals surface area contributed by atoms with Gasteiger partial charge in [-0.15, -0.1) is 0 Å². The van der Waals surface area contributed by atoms with Crippen molar-refractivity contribution < 1.29 is 23.8 Å². The summed E-state index contributed by atoms with van der Waals surface area (Å²) in [5, 5.41) is 0. The third-order valence-corrected chi connectivity index (χ3v) is 2.44. The van der Waals surface area contributed by atoms with E-state index in [4.69, 9.17) is 9.47 Å². The van der Waals surface area contributed by atoms with E-state index >= 15 is 0 Å². The van der Waals surface area contributed by atoms with E-state index in [1.807, 2.05) is 0 Å². The van der Waals surface area contributed by atoms with E-state index in [1.54, 1.807) is 6.92 Å². The van der Waals surface area contributed by atoms with Crippen molar-refractivity contribution in [3.05, 3.63) is 12.2 Å². The van der Waals surface area contributed by atoms with Gasteiger partial charge in [-0.2, -0.15) is 0 Å². The Kier molecular flexibility index (Phi) is 5.69. The lowest BCUT2D eigenvalue weighted by Crippen LogP contribution is -2.27. The second kappa shape index (κ2) is 7.06. The first-order valence-electron chi connectivity index (χ1n) is 5.80. The Hall–Kier alpha value is -1.36. The molecular formula is C12H18O5. The molecule has 5 heteroatoms.